The Bertz CT molecular complexity index is 563. The van der Waals surface area contributed by atoms with Gasteiger partial charge in [-0.2, -0.15) is 0 Å². The first-order valence-corrected chi connectivity index (χ1v) is 5.26. The Morgan fingerprint density at radius 3 is 2.40 bits per heavy atom. The number of rotatable bonds is 1. The molecule has 3 nitrogen and oxygen atoms in total. The Morgan fingerprint density at radius 2 is 1.80 bits per heavy atom. The van der Waals surface area contributed by atoms with Gasteiger partial charge in [-0.1, -0.05) is 12.2 Å². The molecule has 0 saturated carbocycles. The predicted octanol–water partition coefficient (Wildman–Crippen LogP) is 2.31. The minimum atomic E-state index is 0.885. The van der Waals surface area contributed by atoms with Crippen molar-refractivity contribution in [3.63, 3.8) is 0 Å². The van der Waals surface area contributed by atoms with Gasteiger partial charge in [0.25, 0.3) is 0 Å². The van der Waals surface area contributed by atoms with E-state index in [2.05, 4.69) is 27.8 Å². The van der Waals surface area contributed by atoms with E-state index in [1.807, 2.05) is 32.9 Å². The largest absolute Gasteiger partial charge is 0.378 e. The van der Waals surface area contributed by atoms with Crippen LogP contribution in [-0.4, -0.2) is 23.5 Å². The Morgan fingerprint density at radius 1 is 1.13 bits per heavy atom. The Kier molecular flexibility index (Phi) is 2.31. The van der Waals surface area contributed by atoms with Gasteiger partial charge in [-0.05, 0) is 18.2 Å². The van der Waals surface area contributed by atoms with Crippen LogP contribution in [0.1, 0.15) is 0 Å². The zero-order valence-corrected chi connectivity index (χ0v) is 10.3. The lowest BCUT2D eigenvalue weighted by Gasteiger charge is -2.11. The summed E-state index contributed by atoms with van der Waals surface area (Å²) in [6.45, 7) is 0. The SMILES string of the molecule is CN(C)c1ccc2c(c1)c(=S)n(C)n2C. The van der Waals surface area contributed by atoms with Crippen LogP contribution in [0.25, 0.3) is 10.9 Å². The number of aryl methyl sites for hydroxylation is 1. The normalized spacial score (nSPS) is 10.9. The van der Waals surface area contributed by atoms with Crippen molar-refractivity contribution in [2.75, 3.05) is 19.0 Å². The number of anilines is 1. The highest BCUT2D eigenvalue weighted by molar-refractivity contribution is 7.71. The highest BCUT2D eigenvalue weighted by Crippen LogP contribution is 2.22. The minimum absolute atomic E-state index is 0.885. The molecule has 15 heavy (non-hydrogen) atoms. The Labute approximate surface area is 94.5 Å². The summed E-state index contributed by atoms with van der Waals surface area (Å²) in [6.07, 6.45) is 0. The summed E-state index contributed by atoms with van der Waals surface area (Å²) in [5, 5.41) is 1.14. The van der Waals surface area contributed by atoms with Gasteiger partial charge in [0.05, 0.1) is 5.52 Å². The lowest BCUT2D eigenvalue weighted by Crippen LogP contribution is -2.08. The van der Waals surface area contributed by atoms with Crippen LogP contribution in [0.2, 0.25) is 0 Å². The van der Waals surface area contributed by atoms with E-state index in [0.717, 1.165) is 10.0 Å². The van der Waals surface area contributed by atoms with Gasteiger partial charge < -0.3 is 4.90 Å². The third-order valence-electron chi connectivity index (χ3n) is 2.82. The van der Waals surface area contributed by atoms with E-state index in [9.17, 15) is 0 Å². The van der Waals surface area contributed by atoms with Crippen LogP contribution >= 0.6 is 12.2 Å². The van der Waals surface area contributed by atoms with E-state index in [0.29, 0.717) is 0 Å². The first kappa shape index (κ1) is 10.2. The fourth-order valence-corrected chi connectivity index (χ4v) is 2.01. The van der Waals surface area contributed by atoms with Gasteiger partial charge in [0.15, 0.2) is 0 Å². The molecule has 0 spiro atoms. The summed E-state index contributed by atoms with van der Waals surface area (Å²) in [7, 11) is 8.07. The number of benzene rings is 1. The van der Waals surface area contributed by atoms with Crippen LogP contribution in [0.5, 0.6) is 0 Å². The maximum Gasteiger partial charge on any atom is 0.129 e. The van der Waals surface area contributed by atoms with Crippen LogP contribution in [0.15, 0.2) is 18.2 Å². The molecule has 1 aromatic carbocycles. The second kappa shape index (κ2) is 3.38. The Hall–Kier alpha value is -1.29. The zero-order valence-electron chi connectivity index (χ0n) is 9.48. The monoisotopic (exact) mass is 221 g/mol. The molecule has 1 heterocycles. The minimum Gasteiger partial charge on any atom is -0.378 e. The molecule has 0 radical (unpaired) electrons. The van der Waals surface area contributed by atoms with Crippen molar-refractivity contribution in [1.29, 1.82) is 0 Å². The summed E-state index contributed by atoms with van der Waals surface area (Å²) < 4.78 is 4.94. The average Bonchev–Trinajstić information content (AvgIpc) is 2.44. The Balaban J connectivity index is 2.83. The van der Waals surface area contributed by atoms with Crippen molar-refractivity contribution >= 4 is 28.8 Å². The van der Waals surface area contributed by atoms with Gasteiger partial charge in [0.1, 0.15) is 4.64 Å². The summed E-state index contributed by atoms with van der Waals surface area (Å²) in [6, 6.07) is 6.36. The first-order chi connectivity index (χ1) is 7.02. The van der Waals surface area contributed by atoms with Crippen LogP contribution in [0.3, 0.4) is 0 Å². The first-order valence-electron chi connectivity index (χ1n) is 4.85. The number of fused-ring (bicyclic) bond motifs is 1. The van der Waals surface area contributed by atoms with E-state index in [1.54, 1.807) is 0 Å². The molecule has 4 heteroatoms. The number of aromatic nitrogens is 2. The summed E-state index contributed by atoms with van der Waals surface area (Å²) in [4.78, 5) is 2.08. The third kappa shape index (κ3) is 1.45. The maximum absolute atomic E-state index is 5.39. The smallest absolute Gasteiger partial charge is 0.129 e. The fourth-order valence-electron chi connectivity index (χ4n) is 1.73. The molecule has 0 aliphatic rings. The molecule has 0 aliphatic carbocycles. The summed E-state index contributed by atoms with van der Waals surface area (Å²) in [5.41, 5.74) is 2.35. The molecular weight excluding hydrogens is 206 g/mol. The van der Waals surface area contributed by atoms with E-state index >= 15 is 0 Å². The molecule has 0 fully saturated rings. The lowest BCUT2D eigenvalue weighted by atomic mass is 10.2. The zero-order chi connectivity index (χ0) is 11.2. The summed E-state index contributed by atoms with van der Waals surface area (Å²) >= 11 is 5.39. The number of hydrogen-bond donors (Lipinski definition) is 0. The molecular formula is C11H15N3S. The highest BCUT2D eigenvalue weighted by atomic mass is 32.1. The van der Waals surface area contributed by atoms with Gasteiger partial charge >= 0.3 is 0 Å². The van der Waals surface area contributed by atoms with Gasteiger partial charge in [-0.3, -0.25) is 9.36 Å². The molecule has 0 aliphatic heterocycles. The molecule has 0 amide bonds. The maximum atomic E-state index is 5.39. The van der Waals surface area contributed by atoms with E-state index < -0.39 is 0 Å². The molecule has 0 unspecified atom stereocenters. The molecule has 0 saturated heterocycles. The third-order valence-corrected chi connectivity index (χ3v) is 3.30. The van der Waals surface area contributed by atoms with E-state index in [-0.39, 0.29) is 0 Å². The van der Waals surface area contributed by atoms with Crippen LogP contribution in [0, 0.1) is 4.64 Å². The lowest BCUT2D eigenvalue weighted by molar-refractivity contribution is 0.606. The second-order valence-corrected chi connectivity index (χ2v) is 4.33. The molecule has 0 N–H and O–H groups in total. The van der Waals surface area contributed by atoms with Gasteiger partial charge in [-0.25, -0.2) is 0 Å². The van der Waals surface area contributed by atoms with E-state index in [1.165, 1.54) is 11.2 Å². The molecule has 2 rings (SSSR count). The molecule has 80 valence electrons. The topological polar surface area (TPSA) is 13.1 Å². The van der Waals surface area contributed by atoms with Gasteiger partial charge in [0.2, 0.25) is 0 Å². The van der Waals surface area contributed by atoms with Crippen LogP contribution in [0.4, 0.5) is 5.69 Å². The van der Waals surface area contributed by atoms with Crippen molar-refractivity contribution < 1.29 is 0 Å². The van der Waals surface area contributed by atoms with Gasteiger partial charge in [0, 0.05) is 39.3 Å². The molecule has 0 bridgehead atoms. The van der Waals surface area contributed by atoms with Crippen LogP contribution in [-0.2, 0) is 14.1 Å². The quantitative estimate of drug-likeness (QED) is 0.686. The highest BCUT2D eigenvalue weighted by Gasteiger charge is 2.06. The van der Waals surface area contributed by atoms with Crippen molar-refractivity contribution in [1.82, 2.24) is 9.36 Å². The summed E-state index contributed by atoms with van der Waals surface area (Å²) in [5.74, 6) is 0. The van der Waals surface area contributed by atoms with Crippen molar-refractivity contribution in [2.24, 2.45) is 14.1 Å². The van der Waals surface area contributed by atoms with E-state index in [4.69, 9.17) is 12.2 Å². The molecule has 2 aromatic rings. The average molecular weight is 221 g/mol. The van der Waals surface area contributed by atoms with Crippen LogP contribution < -0.4 is 4.90 Å². The van der Waals surface area contributed by atoms with Gasteiger partial charge in [-0.15, -0.1) is 0 Å². The fraction of sp³-hybridized carbons (Fsp3) is 0.364. The molecule has 1 aromatic heterocycles. The number of nitrogens with zero attached hydrogens (tertiary/aromatic N) is 3. The second-order valence-electron chi connectivity index (χ2n) is 3.95. The van der Waals surface area contributed by atoms with Crippen molar-refractivity contribution in [3.05, 3.63) is 22.8 Å². The number of hydrogen-bond acceptors (Lipinski definition) is 2. The predicted molar refractivity (Wildman–Crippen MR) is 67.1 cm³/mol. The standard InChI is InChI=1S/C11H15N3S/c1-12(2)8-5-6-10-9(7-8)11(15)14(4)13(10)3/h5-7H,1-4H3. The van der Waals surface area contributed by atoms with Crippen molar-refractivity contribution in [2.45, 2.75) is 0 Å². The van der Waals surface area contributed by atoms with Crippen molar-refractivity contribution in [3.8, 4) is 0 Å². The molecule has 0 atom stereocenters.